The molecule has 0 aliphatic rings. The number of rotatable bonds is 9. The minimum Gasteiger partial charge on any atom is -0.395 e. The van der Waals surface area contributed by atoms with Gasteiger partial charge in [0.05, 0.1) is 6.61 Å². The number of hydrogen-bond acceptors (Lipinski definition) is 4. The van der Waals surface area contributed by atoms with Gasteiger partial charge in [-0.1, -0.05) is 33.8 Å². The Morgan fingerprint density at radius 2 is 1.95 bits per heavy atom. The zero-order valence-corrected chi connectivity index (χ0v) is 13.3. The molecule has 1 heterocycles. The first-order valence-corrected chi connectivity index (χ1v) is 7.68. The lowest BCUT2D eigenvalue weighted by molar-refractivity contribution is 0.295. The molecule has 1 rings (SSSR count). The van der Waals surface area contributed by atoms with E-state index < -0.39 is 0 Å². The first-order chi connectivity index (χ1) is 9.62. The average molecular weight is 279 g/mol. The van der Waals surface area contributed by atoms with Crippen molar-refractivity contribution >= 4 is 5.82 Å². The van der Waals surface area contributed by atoms with Crippen LogP contribution in [-0.4, -0.2) is 35.3 Å². The highest BCUT2D eigenvalue weighted by Gasteiger charge is 2.16. The van der Waals surface area contributed by atoms with Gasteiger partial charge >= 0.3 is 0 Å². The maximum atomic E-state index is 9.26. The van der Waals surface area contributed by atoms with E-state index in [1.165, 1.54) is 5.56 Å². The van der Waals surface area contributed by atoms with Crippen molar-refractivity contribution in [3.63, 3.8) is 0 Å². The van der Waals surface area contributed by atoms with Gasteiger partial charge in [-0.2, -0.15) is 0 Å². The predicted molar refractivity (Wildman–Crippen MR) is 85.0 cm³/mol. The van der Waals surface area contributed by atoms with Gasteiger partial charge in [-0.05, 0) is 24.5 Å². The van der Waals surface area contributed by atoms with E-state index in [-0.39, 0.29) is 6.61 Å². The van der Waals surface area contributed by atoms with Crippen LogP contribution >= 0.6 is 0 Å². The Hall–Kier alpha value is -1.13. The highest BCUT2D eigenvalue weighted by molar-refractivity contribution is 5.40. The zero-order valence-electron chi connectivity index (χ0n) is 13.3. The van der Waals surface area contributed by atoms with Crippen LogP contribution in [0.4, 0.5) is 5.82 Å². The minimum atomic E-state index is 0.162. The molecule has 0 saturated heterocycles. The van der Waals surface area contributed by atoms with Gasteiger partial charge in [0.2, 0.25) is 0 Å². The Kier molecular flexibility index (Phi) is 7.55. The molecule has 0 atom stereocenters. The van der Waals surface area contributed by atoms with Gasteiger partial charge in [0.25, 0.3) is 0 Å². The third kappa shape index (κ3) is 5.10. The minimum absolute atomic E-state index is 0.162. The Morgan fingerprint density at radius 3 is 2.40 bits per heavy atom. The molecule has 20 heavy (non-hydrogen) atoms. The summed E-state index contributed by atoms with van der Waals surface area (Å²) < 4.78 is 0. The zero-order chi connectivity index (χ0) is 15.0. The van der Waals surface area contributed by atoms with Crippen molar-refractivity contribution in [2.24, 2.45) is 0 Å². The molecule has 2 N–H and O–H groups in total. The molecule has 0 aliphatic heterocycles. The van der Waals surface area contributed by atoms with E-state index >= 15 is 0 Å². The van der Waals surface area contributed by atoms with Crippen molar-refractivity contribution in [3.05, 3.63) is 23.9 Å². The summed E-state index contributed by atoms with van der Waals surface area (Å²) in [6, 6.07) is 5.09. The Morgan fingerprint density at radius 1 is 1.25 bits per heavy atom. The molecular formula is C16H29N3O. The summed E-state index contributed by atoms with van der Waals surface area (Å²) in [5.74, 6) is 0.959. The maximum absolute atomic E-state index is 9.26. The SMILES string of the molecule is CCC(CC)N(CCO)c1ccc(CNC(C)C)cn1. The number of pyridine rings is 1. The van der Waals surface area contributed by atoms with Crippen molar-refractivity contribution in [1.29, 1.82) is 0 Å². The van der Waals surface area contributed by atoms with Crippen LogP contribution in [0.3, 0.4) is 0 Å². The van der Waals surface area contributed by atoms with E-state index in [2.05, 4.69) is 55.0 Å². The van der Waals surface area contributed by atoms with Crippen molar-refractivity contribution in [3.8, 4) is 0 Å². The van der Waals surface area contributed by atoms with E-state index in [4.69, 9.17) is 0 Å². The summed E-state index contributed by atoms with van der Waals surface area (Å²) in [4.78, 5) is 6.78. The number of anilines is 1. The number of hydrogen-bond donors (Lipinski definition) is 2. The first kappa shape index (κ1) is 16.9. The largest absolute Gasteiger partial charge is 0.395 e. The molecule has 1 aromatic heterocycles. The van der Waals surface area contributed by atoms with Crippen molar-refractivity contribution in [2.75, 3.05) is 18.1 Å². The Bertz CT molecular complexity index is 360. The molecular weight excluding hydrogens is 250 g/mol. The summed E-state index contributed by atoms with van der Waals surface area (Å²) in [6.07, 6.45) is 4.06. The molecule has 0 aromatic carbocycles. The topological polar surface area (TPSA) is 48.4 Å². The molecule has 114 valence electrons. The second-order valence-corrected chi connectivity index (χ2v) is 5.45. The summed E-state index contributed by atoms with van der Waals surface area (Å²) >= 11 is 0. The lowest BCUT2D eigenvalue weighted by Crippen LogP contribution is -2.37. The van der Waals surface area contributed by atoms with Crippen LogP contribution in [0.1, 0.15) is 46.1 Å². The fourth-order valence-corrected chi connectivity index (χ4v) is 2.33. The smallest absolute Gasteiger partial charge is 0.128 e. The Labute approximate surface area is 123 Å². The summed E-state index contributed by atoms with van der Waals surface area (Å²) in [6.45, 7) is 10.3. The van der Waals surface area contributed by atoms with Gasteiger partial charge < -0.3 is 15.3 Å². The number of nitrogens with zero attached hydrogens (tertiary/aromatic N) is 2. The normalized spacial score (nSPS) is 11.3. The fourth-order valence-electron chi connectivity index (χ4n) is 2.33. The van der Waals surface area contributed by atoms with Gasteiger partial charge in [-0.3, -0.25) is 0 Å². The molecule has 0 unspecified atom stereocenters. The fraction of sp³-hybridized carbons (Fsp3) is 0.688. The first-order valence-electron chi connectivity index (χ1n) is 7.68. The van der Waals surface area contributed by atoms with Crippen molar-refractivity contribution < 1.29 is 5.11 Å². The van der Waals surface area contributed by atoms with Crippen LogP contribution < -0.4 is 10.2 Å². The van der Waals surface area contributed by atoms with E-state index in [0.29, 0.717) is 18.6 Å². The molecule has 0 fully saturated rings. The number of nitrogens with one attached hydrogen (secondary N) is 1. The van der Waals surface area contributed by atoms with Crippen LogP contribution in [0.15, 0.2) is 18.3 Å². The molecule has 4 nitrogen and oxygen atoms in total. The lowest BCUT2D eigenvalue weighted by Gasteiger charge is -2.31. The molecule has 0 amide bonds. The molecule has 0 aliphatic carbocycles. The van der Waals surface area contributed by atoms with Crippen LogP contribution in [0.2, 0.25) is 0 Å². The summed E-state index contributed by atoms with van der Waals surface area (Å²) in [5, 5.41) is 12.6. The number of aliphatic hydroxyl groups excluding tert-OH is 1. The maximum Gasteiger partial charge on any atom is 0.128 e. The molecule has 0 radical (unpaired) electrons. The molecule has 1 aromatic rings. The second kappa shape index (κ2) is 8.93. The Balaban J connectivity index is 2.76. The monoisotopic (exact) mass is 279 g/mol. The van der Waals surface area contributed by atoms with Crippen molar-refractivity contribution in [1.82, 2.24) is 10.3 Å². The highest BCUT2D eigenvalue weighted by atomic mass is 16.3. The number of aliphatic hydroxyl groups is 1. The average Bonchev–Trinajstić information content (AvgIpc) is 2.46. The van der Waals surface area contributed by atoms with Crippen LogP contribution in [0, 0.1) is 0 Å². The van der Waals surface area contributed by atoms with E-state index in [0.717, 1.165) is 25.2 Å². The highest BCUT2D eigenvalue weighted by Crippen LogP contribution is 2.18. The third-order valence-electron chi connectivity index (χ3n) is 3.54. The van der Waals surface area contributed by atoms with Crippen molar-refractivity contribution in [2.45, 2.75) is 59.2 Å². The van der Waals surface area contributed by atoms with Crippen LogP contribution in [0.5, 0.6) is 0 Å². The summed E-state index contributed by atoms with van der Waals surface area (Å²) in [5.41, 5.74) is 1.19. The second-order valence-electron chi connectivity index (χ2n) is 5.45. The quantitative estimate of drug-likeness (QED) is 0.729. The van der Waals surface area contributed by atoms with Crippen LogP contribution in [-0.2, 0) is 6.54 Å². The standard InChI is InChI=1S/C16H29N3O/c1-5-15(6-2)19(9-10-20)16-8-7-14(12-18-16)11-17-13(3)4/h7-8,12-13,15,17,20H,5-6,9-11H2,1-4H3. The molecule has 0 spiro atoms. The van der Waals surface area contributed by atoms with Gasteiger partial charge in [-0.25, -0.2) is 4.98 Å². The predicted octanol–water partition coefficient (Wildman–Crippen LogP) is 2.57. The number of aromatic nitrogens is 1. The van der Waals surface area contributed by atoms with E-state index in [9.17, 15) is 5.11 Å². The molecule has 4 heteroatoms. The summed E-state index contributed by atoms with van der Waals surface area (Å²) in [7, 11) is 0. The van der Waals surface area contributed by atoms with Gasteiger partial charge in [0.1, 0.15) is 5.82 Å². The van der Waals surface area contributed by atoms with Gasteiger partial charge in [-0.15, -0.1) is 0 Å². The van der Waals surface area contributed by atoms with Gasteiger partial charge in [0.15, 0.2) is 0 Å². The van der Waals surface area contributed by atoms with E-state index in [1.54, 1.807) is 0 Å². The molecule has 0 bridgehead atoms. The van der Waals surface area contributed by atoms with E-state index in [1.807, 2.05) is 6.20 Å². The molecule has 0 saturated carbocycles. The lowest BCUT2D eigenvalue weighted by atomic mass is 10.1. The van der Waals surface area contributed by atoms with Gasteiger partial charge in [0, 0.05) is 31.4 Å². The van der Waals surface area contributed by atoms with Crippen LogP contribution in [0.25, 0.3) is 0 Å². The third-order valence-corrected chi connectivity index (χ3v) is 3.54.